The van der Waals surface area contributed by atoms with Crippen LogP contribution in [0.15, 0.2) is 18.5 Å². The van der Waals surface area contributed by atoms with Crippen LogP contribution in [0, 0.1) is 11.7 Å². The van der Waals surface area contributed by atoms with E-state index in [1.165, 1.54) is 12.4 Å². The van der Waals surface area contributed by atoms with Gasteiger partial charge in [0.2, 0.25) is 0 Å². The normalized spacial score (nSPS) is 19.4. The average Bonchev–Trinajstić information content (AvgIpc) is 3.00. The van der Waals surface area contributed by atoms with Gasteiger partial charge in [-0.1, -0.05) is 0 Å². The highest BCUT2D eigenvalue weighted by Crippen LogP contribution is 2.20. The molecular weight excluding hydrogens is 305 g/mol. The minimum absolute atomic E-state index is 0.00391. The molecule has 0 saturated carbocycles. The van der Waals surface area contributed by atoms with Crippen molar-refractivity contribution >= 4 is 22.9 Å². The number of carbonyl (C=O) groups is 2. The van der Waals surface area contributed by atoms with E-state index in [4.69, 9.17) is 4.74 Å². The molecule has 0 aliphatic carbocycles. The van der Waals surface area contributed by atoms with Crippen LogP contribution in [-0.4, -0.2) is 46.2 Å². The standard InChI is InChI=1S/C15H16FN3O4/c16-9-4-10(13-11(5-9)17-7-18-13)14(20)19-12(15(21)22)8-2-1-3-23-6-8/h4-5,7-8,12H,1-3,6H2,(H,17,18)(H,19,20)(H,21,22). The molecule has 1 amide bonds. The second kappa shape index (κ2) is 6.33. The molecule has 1 fully saturated rings. The van der Waals surface area contributed by atoms with Gasteiger partial charge in [0.1, 0.15) is 17.4 Å². The van der Waals surface area contributed by atoms with Crippen LogP contribution in [0.25, 0.3) is 11.0 Å². The summed E-state index contributed by atoms with van der Waals surface area (Å²) in [6, 6.07) is 1.19. The highest BCUT2D eigenvalue weighted by atomic mass is 19.1. The van der Waals surface area contributed by atoms with E-state index in [1.807, 2.05) is 0 Å². The predicted octanol–water partition coefficient (Wildman–Crippen LogP) is 1.31. The van der Waals surface area contributed by atoms with E-state index in [0.717, 1.165) is 12.5 Å². The fraction of sp³-hybridized carbons (Fsp3) is 0.400. The lowest BCUT2D eigenvalue weighted by Gasteiger charge is -2.28. The molecule has 2 unspecified atom stereocenters. The molecule has 7 nitrogen and oxygen atoms in total. The average molecular weight is 321 g/mol. The number of ether oxygens (including phenoxy) is 1. The minimum atomic E-state index is -1.14. The second-order valence-corrected chi connectivity index (χ2v) is 5.52. The molecule has 1 saturated heterocycles. The summed E-state index contributed by atoms with van der Waals surface area (Å²) < 4.78 is 18.9. The van der Waals surface area contributed by atoms with Gasteiger partial charge in [0.25, 0.3) is 5.91 Å². The summed E-state index contributed by atoms with van der Waals surface area (Å²) in [7, 11) is 0. The van der Waals surface area contributed by atoms with Gasteiger partial charge in [-0.2, -0.15) is 0 Å². The molecule has 2 aromatic rings. The highest BCUT2D eigenvalue weighted by Gasteiger charge is 2.32. The first-order valence-electron chi connectivity index (χ1n) is 7.30. The summed E-state index contributed by atoms with van der Waals surface area (Å²) in [6.45, 7) is 0.868. The van der Waals surface area contributed by atoms with Crippen LogP contribution in [0.2, 0.25) is 0 Å². The molecule has 0 bridgehead atoms. The Balaban J connectivity index is 1.85. The van der Waals surface area contributed by atoms with Crippen molar-refractivity contribution in [3.05, 3.63) is 29.8 Å². The maximum Gasteiger partial charge on any atom is 0.326 e. The maximum absolute atomic E-state index is 13.6. The van der Waals surface area contributed by atoms with E-state index >= 15 is 0 Å². The molecule has 122 valence electrons. The molecule has 1 aliphatic rings. The SMILES string of the molecule is O=C(NC(C(=O)O)C1CCCOC1)c1cc(F)cc2[nH]cnc12. The number of halogens is 1. The molecule has 0 radical (unpaired) electrons. The largest absolute Gasteiger partial charge is 0.480 e. The number of amides is 1. The summed E-state index contributed by atoms with van der Waals surface area (Å²) in [5.74, 6) is -2.71. The van der Waals surface area contributed by atoms with E-state index in [-0.39, 0.29) is 18.1 Å². The smallest absolute Gasteiger partial charge is 0.326 e. The van der Waals surface area contributed by atoms with Crippen LogP contribution < -0.4 is 5.32 Å². The van der Waals surface area contributed by atoms with Gasteiger partial charge in [-0.3, -0.25) is 4.79 Å². The van der Waals surface area contributed by atoms with Crippen LogP contribution in [-0.2, 0) is 9.53 Å². The Labute approximate surface area is 130 Å². The van der Waals surface area contributed by atoms with E-state index in [0.29, 0.717) is 24.1 Å². The van der Waals surface area contributed by atoms with Gasteiger partial charge >= 0.3 is 5.97 Å². The monoisotopic (exact) mass is 321 g/mol. The number of hydrogen-bond donors (Lipinski definition) is 3. The lowest BCUT2D eigenvalue weighted by atomic mass is 9.93. The summed E-state index contributed by atoms with van der Waals surface area (Å²) >= 11 is 0. The number of carbonyl (C=O) groups excluding carboxylic acids is 1. The van der Waals surface area contributed by atoms with E-state index in [1.54, 1.807) is 0 Å². The molecule has 1 aromatic heterocycles. The third-order valence-electron chi connectivity index (χ3n) is 3.95. The Morgan fingerprint density at radius 3 is 3.00 bits per heavy atom. The van der Waals surface area contributed by atoms with Gasteiger partial charge in [-0.25, -0.2) is 14.2 Å². The Morgan fingerprint density at radius 1 is 1.48 bits per heavy atom. The molecule has 3 rings (SSSR count). The van der Waals surface area contributed by atoms with Gasteiger partial charge in [-0.15, -0.1) is 0 Å². The number of aromatic nitrogens is 2. The molecule has 8 heteroatoms. The number of nitrogens with zero attached hydrogens (tertiary/aromatic N) is 1. The van der Waals surface area contributed by atoms with Crippen molar-refractivity contribution in [2.75, 3.05) is 13.2 Å². The van der Waals surface area contributed by atoms with Gasteiger partial charge in [0.15, 0.2) is 0 Å². The topological polar surface area (TPSA) is 104 Å². The third-order valence-corrected chi connectivity index (χ3v) is 3.95. The Hall–Kier alpha value is -2.48. The van der Waals surface area contributed by atoms with E-state index in [9.17, 15) is 19.1 Å². The van der Waals surface area contributed by atoms with Crippen LogP contribution >= 0.6 is 0 Å². The number of rotatable bonds is 4. The van der Waals surface area contributed by atoms with Crippen molar-refractivity contribution in [1.29, 1.82) is 0 Å². The van der Waals surface area contributed by atoms with Crippen molar-refractivity contribution < 1.29 is 23.8 Å². The van der Waals surface area contributed by atoms with Gasteiger partial charge in [-0.05, 0) is 25.0 Å². The maximum atomic E-state index is 13.6. The zero-order valence-electron chi connectivity index (χ0n) is 12.2. The van der Waals surface area contributed by atoms with Crippen molar-refractivity contribution in [3.63, 3.8) is 0 Å². The first-order chi connectivity index (χ1) is 11.1. The number of nitrogens with one attached hydrogen (secondary N) is 2. The van der Waals surface area contributed by atoms with Crippen LogP contribution in [0.4, 0.5) is 4.39 Å². The summed E-state index contributed by atoms with van der Waals surface area (Å²) in [4.78, 5) is 30.6. The van der Waals surface area contributed by atoms with Crippen LogP contribution in [0.5, 0.6) is 0 Å². The molecular formula is C15H16FN3O4. The zero-order chi connectivity index (χ0) is 16.4. The fourth-order valence-corrected chi connectivity index (χ4v) is 2.82. The molecule has 1 aromatic carbocycles. The van der Waals surface area contributed by atoms with Gasteiger partial charge < -0.3 is 20.1 Å². The number of carboxylic acids is 1. The first kappa shape index (κ1) is 15.4. The minimum Gasteiger partial charge on any atom is -0.480 e. The Kier molecular flexibility index (Phi) is 4.24. The molecule has 23 heavy (non-hydrogen) atoms. The number of benzene rings is 1. The fourth-order valence-electron chi connectivity index (χ4n) is 2.82. The van der Waals surface area contributed by atoms with Gasteiger partial charge in [0, 0.05) is 12.5 Å². The van der Waals surface area contributed by atoms with Crippen LogP contribution in [0.3, 0.4) is 0 Å². The summed E-state index contributed by atoms with van der Waals surface area (Å²) in [5, 5.41) is 11.9. The number of H-pyrrole nitrogens is 1. The van der Waals surface area contributed by atoms with Crippen molar-refractivity contribution in [3.8, 4) is 0 Å². The van der Waals surface area contributed by atoms with E-state index in [2.05, 4.69) is 15.3 Å². The lowest BCUT2D eigenvalue weighted by Crippen LogP contribution is -2.48. The second-order valence-electron chi connectivity index (χ2n) is 5.52. The number of aromatic amines is 1. The third kappa shape index (κ3) is 3.16. The van der Waals surface area contributed by atoms with Gasteiger partial charge in [0.05, 0.1) is 24.0 Å². The predicted molar refractivity (Wildman–Crippen MR) is 78.5 cm³/mol. The number of imidazole rings is 1. The number of hydrogen-bond acceptors (Lipinski definition) is 4. The Bertz CT molecular complexity index is 739. The van der Waals surface area contributed by atoms with Crippen molar-refractivity contribution in [1.82, 2.24) is 15.3 Å². The molecule has 1 aliphatic heterocycles. The quantitative estimate of drug-likeness (QED) is 0.787. The first-order valence-corrected chi connectivity index (χ1v) is 7.30. The lowest BCUT2D eigenvalue weighted by molar-refractivity contribution is -0.142. The van der Waals surface area contributed by atoms with Crippen molar-refractivity contribution in [2.45, 2.75) is 18.9 Å². The molecule has 2 heterocycles. The molecule has 3 N–H and O–H groups in total. The molecule has 2 atom stereocenters. The Morgan fingerprint density at radius 2 is 2.30 bits per heavy atom. The van der Waals surface area contributed by atoms with E-state index < -0.39 is 23.7 Å². The number of carboxylic acid groups (broad SMARTS) is 1. The van der Waals surface area contributed by atoms with Crippen LogP contribution in [0.1, 0.15) is 23.2 Å². The molecule has 0 spiro atoms. The highest BCUT2D eigenvalue weighted by molar-refractivity contribution is 6.05. The summed E-state index contributed by atoms with van der Waals surface area (Å²) in [5.41, 5.74) is 0.681. The summed E-state index contributed by atoms with van der Waals surface area (Å²) in [6.07, 6.45) is 2.75. The number of aliphatic carboxylic acids is 1. The van der Waals surface area contributed by atoms with Crippen molar-refractivity contribution in [2.24, 2.45) is 5.92 Å². The number of fused-ring (bicyclic) bond motifs is 1. The zero-order valence-corrected chi connectivity index (χ0v) is 12.2.